The molecule has 1 heterocycles. The Hall–Kier alpha value is -1.21. The standard InChI is InChI=1S/C13H14F3NO2S/c14-8-4-7(5-9(15)12(8)16)10(6-18)17-13(19)11-2-1-3-20-11/h4-5,10-11,18H,1-3,6H2,(H,17,19). The molecule has 3 nitrogen and oxygen atoms in total. The highest BCUT2D eigenvalue weighted by molar-refractivity contribution is 8.00. The number of hydrogen-bond donors (Lipinski definition) is 2. The van der Waals surface area contributed by atoms with Crippen LogP contribution in [-0.4, -0.2) is 28.6 Å². The molecule has 2 N–H and O–H groups in total. The summed E-state index contributed by atoms with van der Waals surface area (Å²) >= 11 is 1.51. The summed E-state index contributed by atoms with van der Waals surface area (Å²) in [5.74, 6) is -3.65. The number of carbonyl (C=O) groups excluding carboxylic acids is 1. The lowest BCUT2D eigenvalue weighted by atomic mass is 10.1. The fraction of sp³-hybridized carbons (Fsp3) is 0.462. The van der Waals surface area contributed by atoms with E-state index in [1.54, 1.807) is 0 Å². The van der Waals surface area contributed by atoms with E-state index in [1.165, 1.54) is 11.8 Å². The van der Waals surface area contributed by atoms with Gasteiger partial charge in [-0.15, -0.1) is 11.8 Å². The van der Waals surface area contributed by atoms with Crippen LogP contribution >= 0.6 is 11.8 Å². The normalized spacial score (nSPS) is 19.9. The van der Waals surface area contributed by atoms with Crippen molar-refractivity contribution in [1.82, 2.24) is 5.32 Å². The van der Waals surface area contributed by atoms with Crippen LogP contribution in [0.4, 0.5) is 13.2 Å². The molecule has 2 rings (SSSR count). The van der Waals surface area contributed by atoms with Crippen LogP contribution in [0.2, 0.25) is 0 Å². The minimum absolute atomic E-state index is 0.000229. The van der Waals surface area contributed by atoms with Crippen molar-refractivity contribution in [2.45, 2.75) is 24.1 Å². The first-order valence-corrected chi connectivity index (χ1v) is 7.25. The molecule has 1 aromatic rings. The van der Waals surface area contributed by atoms with Gasteiger partial charge in [-0.2, -0.15) is 0 Å². The van der Waals surface area contributed by atoms with Gasteiger partial charge in [0.15, 0.2) is 17.5 Å². The van der Waals surface area contributed by atoms with E-state index in [1.807, 2.05) is 0 Å². The summed E-state index contributed by atoms with van der Waals surface area (Å²) in [6.45, 7) is -0.520. The summed E-state index contributed by atoms with van der Waals surface area (Å²) < 4.78 is 39.2. The van der Waals surface area contributed by atoms with Gasteiger partial charge in [-0.25, -0.2) is 13.2 Å². The molecule has 2 atom stereocenters. The predicted octanol–water partition coefficient (Wildman–Crippen LogP) is 2.15. The lowest BCUT2D eigenvalue weighted by Gasteiger charge is -2.19. The zero-order chi connectivity index (χ0) is 14.7. The molecule has 1 amide bonds. The maximum atomic E-state index is 13.2. The highest BCUT2D eigenvalue weighted by atomic mass is 32.2. The van der Waals surface area contributed by atoms with E-state index in [-0.39, 0.29) is 16.7 Å². The number of halogens is 3. The van der Waals surface area contributed by atoms with Crippen LogP contribution < -0.4 is 5.32 Å². The van der Waals surface area contributed by atoms with Crippen molar-refractivity contribution in [2.75, 3.05) is 12.4 Å². The van der Waals surface area contributed by atoms with Gasteiger partial charge in [-0.1, -0.05) is 0 Å². The molecule has 1 saturated heterocycles. The minimum Gasteiger partial charge on any atom is -0.394 e. The van der Waals surface area contributed by atoms with Crippen LogP contribution in [0.5, 0.6) is 0 Å². The number of benzene rings is 1. The number of carbonyl (C=O) groups is 1. The lowest BCUT2D eigenvalue weighted by molar-refractivity contribution is -0.121. The molecule has 0 spiro atoms. The van der Waals surface area contributed by atoms with Crippen LogP contribution in [-0.2, 0) is 4.79 Å². The molecule has 1 aromatic carbocycles. The fourth-order valence-electron chi connectivity index (χ4n) is 2.06. The van der Waals surface area contributed by atoms with Gasteiger partial charge in [0.2, 0.25) is 5.91 Å². The zero-order valence-corrected chi connectivity index (χ0v) is 11.4. The average Bonchev–Trinajstić information content (AvgIpc) is 2.95. The summed E-state index contributed by atoms with van der Waals surface area (Å²) in [5.41, 5.74) is 0.000229. The second-order valence-corrected chi connectivity index (χ2v) is 5.85. The first-order chi connectivity index (χ1) is 9.52. The molecule has 110 valence electrons. The number of rotatable bonds is 4. The predicted molar refractivity (Wildman–Crippen MR) is 69.8 cm³/mol. The van der Waals surface area contributed by atoms with E-state index in [2.05, 4.69) is 5.32 Å². The van der Waals surface area contributed by atoms with Crippen molar-refractivity contribution in [3.63, 3.8) is 0 Å². The molecule has 20 heavy (non-hydrogen) atoms. The molecular weight excluding hydrogens is 291 g/mol. The average molecular weight is 305 g/mol. The number of aliphatic hydroxyl groups excluding tert-OH is 1. The zero-order valence-electron chi connectivity index (χ0n) is 10.5. The van der Waals surface area contributed by atoms with E-state index < -0.39 is 30.1 Å². The Kier molecular flexibility index (Phi) is 4.93. The van der Waals surface area contributed by atoms with E-state index in [4.69, 9.17) is 0 Å². The fourth-order valence-corrected chi connectivity index (χ4v) is 3.23. The Labute approximate surface area is 118 Å². The van der Waals surface area contributed by atoms with Crippen LogP contribution in [0.1, 0.15) is 24.4 Å². The maximum absolute atomic E-state index is 13.2. The van der Waals surface area contributed by atoms with Crippen molar-refractivity contribution >= 4 is 17.7 Å². The Morgan fingerprint density at radius 1 is 1.40 bits per heavy atom. The molecule has 2 unspecified atom stereocenters. The third-order valence-electron chi connectivity index (χ3n) is 3.13. The van der Waals surface area contributed by atoms with E-state index in [9.17, 15) is 23.1 Å². The van der Waals surface area contributed by atoms with Crippen LogP contribution in [0.3, 0.4) is 0 Å². The molecule has 1 aliphatic heterocycles. The van der Waals surface area contributed by atoms with Gasteiger partial charge in [0.05, 0.1) is 17.9 Å². The summed E-state index contributed by atoms with van der Waals surface area (Å²) in [5, 5.41) is 11.6. The van der Waals surface area contributed by atoms with Gasteiger partial charge in [-0.05, 0) is 36.3 Å². The monoisotopic (exact) mass is 305 g/mol. The Morgan fingerprint density at radius 3 is 2.55 bits per heavy atom. The number of nitrogens with one attached hydrogen (secondary N) is 1. The van der Waals surface area contributed by atoms with E-state index in [0.29, 0.717) is 0 Å². The van der Waals surface area contributed by atoms with Gasteiger partial charge in [0.1, 0.15) is 0 Å². The van der Waals surface area contributed by atoms with E-state index in [0.717, 1.165) is 30.7 Å². The van der Waals surface area contributed by atoms with Crippen molar-refractivity contribution in [1.29, 1.82) is 0 Å². The second kappa shape index (κ2) is 6.49. The minimum atomic E-state index is -1.57. The van der Waals surface area contributed by atoms with Crippen molar-refractivity contribution in [3.05, 3.63) is 35.1 Å². The molecular formula is C13H14F3NO2S. The third kappa shape index (κ3) is 3.27. The van der Waals surface area contributed by atoms with Gasteiger partial charge in [-0.3, -0.25) is 4.79 Å². The summed E-state index contributed by atoms with van der Waals surface area (Å²) in [6.07, 6.45) is 1.67. The SMILES string of the molecule is O=C(NC(CO)c1cc(F)c(F)c(F)c1)C1CCCS1. The van der Waals surface area contributed by atoms with Crippen molar-refractivity contribution in [3.8, 4) is 0 Å². The molecule has 0 aromatic heterocycles. The number of hydrogen-bond acceptors (Lipinski definition) is 3. The topological polar surface area (TPSA) is 49.3 Å². The third-order valence-corrected chi connectivity index (χ3v) is 4.51. The molecule has 0 saturated carbocycles. The highest BCUT2D eigenvalue weighted by Crippen LogP contribution is 2.27. The summed E-state index contributed by atoms with van der Waals surface area (Å²) in [7, 11) is 0. The largest absolute Gasteiger partial charge is 0.394 e. The Balaban J connectivity index is 2.13. The van der Waals surface area contributed by atoms with Gasteiger partial charge >= 0.3 is 0 Å². The Morgan fingerprint density at radius 2 is 2.05 bits per heavy atom. The Bertz CT molecular complexity index is 483. The van der Waals surface area contributed by atoms with Crippen LogP contribution in [0, 0.1) is 17.5 Å². The molecule has 1 aliphatic rings. The molecule has 1 fully saturated rings. The van der Waals surface area contributed by atoms with E-state index >= 15 is 0 Å². The highest BCUT2D eigenvalue weighted by Gasteiger charge is 2.26. The smallest absolute Gasteiger partial charge is 0.233 e. The first-order valence-electron chi connectivity index (χ1n) is 6.20. The number of aliphatic hydroxyl groups is 1. The van der Waals surface area contributed by atoms with Gasteiger partial charge < -0.3 is 10.4 Å². The number of amides is 1. The molecule has 7 heteroatoms. The summed E-state index contributed by atoms with van der Waals surface area (Å²) in [4.78, 5) is 11.9. The quantitative estimate of drug-likeness (QED) is 0.838. The number of thioether (sulfide) groups is 1. The van der Waals surface area contributed by atoms with Crippen LogP contribution in [0.25, 0.3) is 0 Å². The summed E-state index contributed by atoms with van der Waals surface area (Å²) in [6, 6.07) is 0.608. The molecule has 0 radical (unpaired) electrons. The maximum Gasteiger partial charge on any atom is 0.233 e. The van der Waals surface area contributed by atoms with Gasteiger partial charge in [0.25, 0.3) is 0 Å². The van der Waals surface area contributed by atoms with Crippen molar-refractivity contribution in [2.24, 2.45) is 0 Å². The molecule has 0 bridgehead atoms. The lowest BCUT2D eigenvalue weighted by Crippen LogP contribution is -2.36. The first kappa shape index (κ1) is 15.2. The molecule has 0 aliphatic carbocycles. The van der Waals surface area contributed by atoms with Gasteiger partial charge in [0, 0.05) is 0 Å². The second-order valence-electron chi connectivity index (χ2n) is 4.54. The van der Waals surface area contributed by atoms with Crippen LogP contribution in [0.15, 0.2) is 12.1 Å². The van der Waals surface area contributed by atoms with Crippen molar-refractivity contribution < 1.29 is 23.1 Å².